The number of hydrogen-bond donors (Lipinski definition) is 3. The van der Waals surface area contributed by atoms with Gasteiger partial charge >= 0.3 is 0 Å². The second kappa shape index (κ2) is 5.78. The van der Waals surface area contributed by atoms with E-state index in [-0.39, 0.29) is 12.6 Å². The number of nitrogens with two attached hydrogens (primary N) is 1. The fourth-order valence-electron chi connectivity index (χ4n) is 2.60. The van der Waals surface area contributed by atoms with Crippen molar-refractivity contribution in [3.63, 3.8) is 0 Å². The number of anilines is 1. The van der Waals surface area contributed by atoms with Gasteiger partial charge in [0.2, 0.25) is 0 Å². The highest BCUT2D eigenvalue weighted by Crippen LogP contribution is 2.15. The Labute approximate surface area is 117 Å². The number of benzene rings is 1. The number of nitrogen functional groups attached to an aromatic ring is 1. The van der Waals surface area contributed by atoms with Gasteiger partial charge in [-0.3, -0.25) is 4.90 Å². The molecule has 2 aromatic rings. The number of aromatic nitrogens is 2. The van der Waals surface area contributed by atoms with Gasteiger partial charge in [0, 0.05) is 25.2 Å². The van der Waals surface area contributed by atoms with Crippen LogP contribution in [-0.2, 0) is 11.2 Å². The molecule has 20 heavy (non-hydrogen) atoms. The molecule has 2 heterocycles. The van der Waals surface area contributed by atoms with E-state index in [1.54, 1.807) is 0 Å². The Hall–Kier alpha value is -1.63. The topological polar surface area (TPSA) is 87.4 Å². The van der Waals surface area contributed by atoms with E-state index in [9.17, 15) is 5.11 Å². The minimum Gasteiger partial charge on any atom is -0.399 e. The zero-order valence-corrected chi connectivity index (χ0v) is 11.4. The maximum absolute atomic E-state index is 9.34. The zero-order valence-electron chi connectivity index (χ0n) is 11.4. The van der Waals surface area contributed by atoms with E-state index >= 15 is 0 Å². The summed E-state index contributed by atoms with van der Waals surface area (Å²) in [6.45, 7) is 3.19. The van der Waals surface area contributed by atoms with Crippen molar-refractivity contribution < 1.29 is 9.84 Å². The van der Waals surface area contributed by atoms with Crippen LogP contribution in [0.25, 0.3) is 11.0 Å². The van der Waals surface area contributed by atoms with Gasteiger partial charge in [-0.2, -0.15) is 0 Å². The quantitative estimate of drug-likeness (QED) is 0.703. The zero-order chi connectivity index (χ0) is 13.9. The van der Waals surface area contributed by atoms with Gasteiger partial charge in [0.1, 0.15) is 5.82 Å². The SMILES string of the molecule is Nc1ccc2nc(CCN3CCOCC3CO)[nH]c2c1. The van der Waals surface area contributed by atoms with Gasteiger partial charge in [0.25, 0.3) is 0 Å². The first-order chi connectivity index (χ1) is 9.76. The summed E-state index contributed by atoms with van der Waals surface area (Å²) in [5.41, 5.74) is 8.41. The molecule has 0 amide bonds. The van der Waals surface area contributed by atoms with Crippen LogP contribution < -0.4 is 5.73 Å². The van der Waals surface area contributed by atoms with Crippen LogP contribution in [-0.4, -0.2) is 58.9 Å². The highest BCUT2D eigenvalue weighted by Gasteiger charge is 2.22. The molecule has 1 aliphatic rings. The average Bonchev–Trinajstić information content (AvgIpc) is 2.87. The van der Waals surface area contributed by atoms with Gasteiger partial charge in [-0.1, -0.05) is 0 Å². The Bertz CT molecular complexity index is 584. The molecule has 4 N–H and O–H groups in total. The number of aliphatic hydroxyl groups is 1. The summed E-state index contributed by atoms with van der Waals surface area (Å²) >= 11 is 0. The summed E-state index contributed by atoms with van der Waals surface area (Å²) in [7, 11) is 0. The van der Waals surface area contributed by atoms with Gasteiger partial charge < -0.3 is 20.6 Å². The number of aromatic amines is 1. The summed E-state index contributed by atoms with van der Waals surface area (Å²) in [5, 5.41) is 9.34. The smallest absolute Gasteiger partial charge is 0.108 e. The van der Waals surface area contributed by atoms with E-state index in [0.717, 1.165) is 48.7 Å². The first kappa shape index (κ1) is 13.4. The molecule has 1 aliphatic heterocycles. The lowest BCUT2D eigenvalue weighted by Crippen LogP contribution is -2.48. The number of ether oxygens (including phenoxy) is 1. The summed E-state index contributed by atoms with van der Waals surface area (Å²) in [5.74, 6) is 0.953. The Morgan fingerprint density at radius 3 is 3.25 bits per heavy atom. The van der Waals surface area contributed by atoms with Crippen LogP contribution in [0.2, 0.25) is 0 Å². The van der Waals surface area contributed by atoms with E-state index in [1.165, 1.54) is 0 Å². The van der Waals surface area contributed by atoms with Gasteiger partial charge in [-0.05, 0) is 18.2 Å². The lowest BCUT2D eigenvalue weighted by molar-refractivity contribution is -0.0268. The van der Waals surface area contributed by atoms with E-state index < -0.39 is 0 Å². The number of imidazole rings is 1. The molecule has 1 aromatic heterocycles. The molecule has 0 aliphatic carbocycles. The van der Waals surface area contributed by atoms with Crippen molar-refractivity contribution in [1.29, 1.82) is 0 Å². The van der Waals surface area contributed by atoms with Crippen molar-refractivity contribution in [2.75, 3.05) is 38.6 Å². The van der Waals surface area contributed by atoms with Crippen molar-refractivity contribution in [2.24, 2.45) is 0 Å². The van der Waals surface area contributed by atoms with Crippen LogP contribution >= 0.6 is 0 Å². The Balaban J connectivity index is 1.67. The van der Waals surface area contributed by atoms with Crippen molar-refractivity contribution in [3.8, 4) is 0 Å². The van der Waals surface area contributed by atoms with Crippen molar-refractivity contribution in [2.45, 2.75) is 12.5 Å². The number of nitrogens with zero attached hydrogens (tertiary/aromatic N) is 2. The molecule has 6 nitrogen and oxygen atoms in total. The number of aliphatic hydroxyl groups excluding tert-OH is 1. The number of fused-ring (bicyclic) bond motifs is 1. The van der Waals surface area contributed by atoms with Gasteiger partial charge in [0.15, 0.2) is 0 Å². The van der Waals surface area contributed by atoms with Crippen LogP contribution in [0.5, 0.6) is 0 Å². The Morgan fingerprint density at radius 2 is 2.40 bits per heavy atom. The number of nitrogens with one attached hydrogen (secondary N) is 1. The third kappa shape index (κ3) is 2.77. The first-order valence-electron chi connectivity index (χ1n) is 6.93. The van der Waals surface area contributed by atoms with E-state index in [2.05, 4.69) is 14.9 Å². The normalized spacial score (nSPS) is 20.6. The molecule has 0 bridgehead atoms. The molecule has 1 atom stereocenters. The Morgan fingerprint density at radius 1 is 1.50 bits per heavy atom. The molecule has 1 unspecified atom stereocenters. The summed E-state index contributed by atoms with van der Waals surface area (Å²) < 4.78 is 5.38. The molecule has 0 saturated carbocycles. The molecule has 1 aromatic carbocycles. The number of H-pyrrole nitrogens is 1. The monoisotopic (exact) mass is 276 g/mol. The lowest BCUT2D eigenvalue weighted by atomic mass is 10.2. The third-order valence-corrected chi connectivity index (χ3v) is 3.75. The number of morpholine rings is 1. The lowest BCUT2D eigenvalue weighted by Gasteiger charge is -2.34. The van der Waals surface area contributed by atoms with Gasteiger partial charge in [-0.25, -0.2) is 4.98 Å². The van der Waals surface area contributed by atoms with Crippen LogP contribution in [0.1, 0.15) is 5.82 Å². The number of hydrogen-bond acceptors (Lipinski definition) is 5. The molecule has 0 spiro atoms. The molecule has 3 rings (SSSR count). The first-order valence-corrected chi connectivity index (χ1v) is 6.93. The van der Waals surface area contributed by atoms with Crippen LogP contribution in [0.3, 0.4) is 0 Å². The Kier molecular flexibility index (Phi) is 3.86. The highest BCUT2D eigenvalue weighted by molar-refractivity contribution is 5.78. The summed E-state index contributed by atoms with van der Waals surface area (Å²) in [6.07, 6.45) is 0.824. The van der Waals surface area contributed by atoms with Crippen molar-refractivity contribution in [3.05, 3.63) is 24.0 Å². The van der Waals surface area contributed by atoms with Crippen molar-refractivity contribution in [1.82, 2.24) is 14.9 Å². The van der Waals surface area contributed by atoms with Crippen LogP contribution in [0.4, 0.5) is 5.69 Å². The maximum Gasteiger partial charge on any atom is 0.108 e. The molecular weight excluding hydrogens is 256 g/mol. The molecule has 1 fully saturated rings. The predicted octanol–water partition coefficient (Wildman–Crippen LogP) is 0.381. The number of rotatable bonds is 4. The van der Waals surface area contributed by atoms with Crippen molar-refractivity contribution >= 4 is 16.7 Å². The molecule has 108 valence electrons. The minimum atomic E-state index is 0.101. The average molecular weight is 276 g/mol. The minimum absolute atomic E-state index is 0.101. The van der Waals surface area contributed by atoms with E-state index in [0.29, 0.717) is 6.61 Å². The van der Waals surface area contributed by atoms with Crippen LogP contribution in [0, 0.1) is 0 Å². The largest absolute Gasteiger partial charge is 0.399 e. The molecule has 0 radical (unpaired) electrons. The predicted molar refractivity (Wildman–Crippen MR) is 77.5 cm³/mol. The maximum atomic E-state index is 9.34. The van der Waals surface area contributed by atoms with E-state index in [1.807, 2.05) is 18.2 Å². The second-order valence-electron chi connectivity index (χ2n) is 5.16. The highest BCUT2D eigenvalue weighted by atomic mass is 16.5. The summed E-state index contributed by atoms with van der Waals surface area (Å²) in [6, 6.07) is 5.78. The second-order valence-corrected chi connectivity index (χ2v) is 5.16. The van der Waals surface area contributed by atoms with Gasteiger partial charge in [0.05, 0.1) is 36.9 Å². The van der Waals surface area contributed by atoms with E-state index in [4.69, 9.17) is 10.5 Å². The summed E-state index contributed by atoms with van der Waals surface area (Å²) in [4.78, 5) is 10.1. The van der Waals surface area contributed by atoms with Gasteiger partial charge in [-0.15, -0.1) is 0 Å². The standard InChI is InChI=1S/C14H20N4O2/c15-10-1-2-12-13(7-10)17-14(16-12)3-4-18-5-6-20-9-11(18)8-19/h1-2,7,11,19H,3-6,8-9,15H2,(H,16,17). The third-order valence-electron chi connectivity index (χ3n) is 3.75. The molecule has 1 saturated heterocycles. The fraction of sp³-hybridized carbons (Fsp3) is 0.500. The molecular formula is C14H20N4O2. The molecule has 6 heteroatoms. The van der Waals surface area contributed by atoms with Crippen LogP contribution in [0.15, 0.2) is 18.2 Å². The fourth-order valence-corrected chi connectivity index (χ4v) is 2.60.